The first-order chi connectivity index (χ1) is 8.77. The van der Waals surface area contributed by atoms with E-state index in [0.717, 1.165) is 18.4 Å². The molecule has 1 rings (SSSR count). The fourth-order valence-electron chi connectivity index (χ4n) is 2.06. The lowest BCUT2D eigenvalue weighted by Crippen LogP contribution is -2.18. The van der Waals surface area contributed by atoms with E-state index in [1.165, 1.54) is 0 Å². The van der Waals surface area contributed by atoms with Crippen molar-refractivity contribution in [2.75, 3.05) is 18.1 Å². The third-order valence-corrected chi connectivity index (χ3v) is 2.92. The number of anilines is 2. The predicted octanol–water partition coefficient (Wildman–Crippen LogP) is 3.11. The Morgan fingerprint density at radius 3 is 2.16 bits per heavy atom. The Kier molecular flexibility index (Phi) is 4.81. The van der Waals surface area contributed by atoms with Crippen LogP contribution in [0.4, 0.5) is 11.4 Å². The Balaban J connectivity index is 2.98. The van der Waals surface area contributed by atoms with Crippen molar-refractivity contribution in [3.63, 3.8) is 0 Å². The van der Waals surface area contributed by atoms with Gasteiger partial charge in [-0.15, -0.1) is 0 Å². The van der Waals surface area contributed by atoms with Crippen molar-refractivity contribution in [2.24, 2.45) is 0 Å². The lowest BCUT2D eigenvalue weighted by Gasteiger charge is -2.23. The number of rotatable bonds is 4. The molecule has 0 aliphatic carbocycles. The molecule has 0 bridgehead atoms. The van der Waals surface area contributed by atoms with Crippen LogP contribution in [0.1, 0.15) is 56.5 Å². The Morgan fingerprint density at radius 2 is 1.74 bits per heavy atom. The molecule has 1 aromatic rings. The number of hydrogen-bond acceptors (Lipinski definition) is 4. The van der Waals surface area contributed by atoms with Gasteiger partial charge in [-0.25, -0.2) is 4.79 Å². The highest BCUT2D eigenvalue weighted by Crippen LogP contribution is 2.34. The van der Waals surface area contributed by atoms with Gasteiger partial charge in [0.2, 0.25) is 0 Å². The number of carbonyl (C=O) groups is 1. The molecule has 0 aliphatic heterocycles. The van der Waals surface area contributed by atoms with E-state index in [2.05, 4.69) is 0 Å². The molecule has 4 heteroatoms. The van der Waals surface area contributed by atoms with Gasteiger partial charge in [0.1, 0.15) is 0 Å². The number of nitrogens with two attached hydrogens (primary N) is 2. The van der Waals surface area contributed by atoms with Gasteiger partial charge >= 0.3 is 5.97 Å². The zero-order valence-corrected chi connectivity index (χ0v) is 12.2. The van der Waals surface area contributed by atoms with E-state index in [1.54, 1.807) is 12.1 Å². The molecule has 0 saturated carbocycles. The van der Waals surface area contributed by atoms with Gasteiger partial charge in [-0.3, -0.25) is 0 Å². The summed E-state index contributed by atoms with van der Waals surface area (Å²) < 4.78 is 5.15. The quantitative estimate of drug-likeness (QED) is 0.497. The first-order valence-corrected chi connectivity index (χ1v) is 6.64. The fraction of sp³-hybridized carbons (Fsp3) is 0.533. The third kappa shape index (κ3) is 3.88. The molecule has 0 fully saturated rings. The van der Waals surface area contributed by atoms with Gasteiger partial charge < -0.3 is 16.2 Å². The van der Waals surface area contributed by atoms with Crippen molar-refractivity contribution in [3.05, 3.63) is 23.3 Å². The van der Waals surface area contributed by atoms with Crippen LogP contribution in [0, 0.1) is 0 Å². The molecule has 4 nitrogen and oxygen atoms in total. The molecular formula is C15H24N2O2. The smallest absolute Gasteiger partial charge is 0.338 e. The Labute approximate surface area is 115 Å². The number of nitrogen functional groups attached to an aromatic ring is 2. The molecule has 0 aliphatic rings. The van der Waals surface area contributed by atoms with Gasteiger partial charge in [0.15, 0.2) is 0 Å². The van der Waals surface area contributed by atoms with Gasteiger partial charge in [-0.2, -0.15) is 0 Å². The van der Waals surface area contributed by atoms with Crippen LogP contribution in [0.15, 0.2) is 12.1 Å². The van der Waals surface area contributed by atoms with Crippen LogP contribution in [-0.2, 0) is 10.2 Å². The van der Waals surface area contributed by atoms with E-state index in [0.29, 0.717) is 23.5 Å². The van der Waals surface area contributed by atoms with E-state index >= 15 is 0 Å². The first kappa shape index (κ1) is 15.3. The van der Waals surface area contributed by atoms with Crippen molar-refractivity contribution in [2.45, 2.75) is 46.0 Å². The first-order valence-electron chi connectivity index (χ1n) is 6.64. The van der Waals surface area contributed by atoms with Gasteiger partial charge in [-0.05, 0) is 24.0 Å². The highest BCUT2D eigenvalue weighted by Gasteiger charge is 2.22. The maximum atomic E-state index is 11.9. The predicted molar refractivity (Wildman–Crippen MR) is 79.2 cm³/mol. The van der Waals surface area contributed by atoms with Gasteiger partial charge in [0.05, 0.1) is 12.2 Å². The molecular weight excluding hydrogens is 240 g/mol. The minimum atomic E-state index is -0.368. The molecule has 0 spiro atoms. The van der Waals surface area contributed by atoms with Crippen LogP contribution in [0.2, 0.25) is 0 Å². The summed E-state index contributed by atoms with van der Waals surface area (Å²) in [7, 11) is 0. The van der Waals surface area contributed by atoms with E-state index in [1.807, 2.05) is 27.7 Å². The van der Waals surface area contributed by atoms with Crippen molar-refractivity contribution in [3.8, 4) is 0 Å². The highest BCUT2D eigenvalue weighted by atomic mass is 16.5. The molecule has 0 heterocycles. The van der Waals surface area contributed by atoms with E-state index in [-0.39, 0.29) is 11.4 Å². The van der Waals surface area contributed by atoms with Gasteiger partial charge in [0, 0.05) is 16.9 Å². The highest BCUT2D eigenvalue weighted by molar-refractivity contribution is 5.92. The van der Waals surface area contributed by atoms with Crippen LogP contribution in [0.5, 0.6) is 0 Å². The van der Waals surface area contributed by atoms with Gasteiger partial charge in [-0.1, -0.05) is 34.1 Å². The van der Waals surface area contributed by atoms with Crippen molar-refractivity contribution in [1.29, 1.82) is 0 Å². The second kappa shape index (κ2) is 5.95. The van der Waals surface area contributed by atoms with E-state index in [4.69, 9.17) is 16.2 Å². The van der Waals surface area contributed by atoms with Crippen molar-refractivity contribution >= 4 is 17.3 Å². The zero-order valence-electron chi connectivity index (χ0n) is 12.2. The van der Waals surface area contributed by atoms with Crippen LogP contribution in [-0.4, -0.2) is 12.6 Å². The second-order valence-corrected chi connectivity index (χ2v) is 5.77. The summed E-state index contributed by atoms with van der Waals surface area (Å²) in [5, 5.41) is 0. The SMILES string of the molecule is CCCCOC(=O)c1cc(N)c(C(C)(C)C)c(N)c1. The van der Waals surface area contributed by atoms with Crippen LogP contribution in [0.3, 0.4) is 0 Å². The maximum Gasteiger partial charge on any atom is 0.338 e. The van der Waals surface area contributed by atoms with Crippen molar-refractivity contribution < 1.29 is 9.53 Å². The number of hydrogen-bond donors (Lipinski definition) is 2. The summed E-state index contributed by atoms with van der Waals surface area (Å²) in [4.78, 5) is 11.9. The summed E-state index contributed by atoms with van der Waals surface area (Å²) in [6.45, 7) is 8.58. The number of ether oxygens (including phenoxy) is 1. The average molecular weight is 264 g/mol. The molecule has 0 saturated heterocycles. The fourth-order valence-corrected chi connectivity index (χ4v) is 2.06. The monoisotopic (exact) mass is 264 g/mol. The lowest BCUT2D eigenvalue weighted by molar-refractivity contribution is 0.0500. The summed E-state index contributed by atoms with van der Waals surface area (Å²) >= 11 is 0. The summed E-state index contributed by atoms with van der Waals surface area (Å²) in [5.74, 6) is -0.368. The second-order valence-electron chi connectivity index (χ2n) is 5.77. The van der Waals surface area contributed by atoms with Crippen molar-refractivity contribution in [1.82, 2.24) is 0 Å². The minimum Gasteiger partial charge on any atom is -0.462 e. The maximum absolute atomic E-state index is 11.9. The molecule has 0 radical (unpaired) electrons. The largest absolute Gasteiger partial charge is 0.462 e. The Hall–Kier alpha value is -1.71. The average Bonchev–Trinajstić information content (AvgIpc) is 2.26. The van der Waals surface area contributed by atoms with E-state index in [9.17, 15) is 4.79 Å². The number of carbonyl (C=O) groups excluding carboxylic acids is 1. The molecule has 19 heavy (non-hydrogen) atoms. The zero-order chi connectivity index (χ0) is 14.6. The van der Waals surface area contributed by atoms with Crippen LogP contribution in [0.25, 0.3) is 0 Å². The lowest BCUT2D eigenvalue weighted by atomic mass is 9.84. The molecule has 106 valence electrons. The summed E-state index contributed by atoms with van der Waals surface area (Å²) in [6, 6.07) is 3.29. The standard InChI is InChI=1S/C15H24N2O2/c1-5-6-7-19-14(18)10-8-11(16)13(12(17)9-10)15(2,3)4/h8-9H,5-7,16-17H2,1-4H3. The minimum absolute atomic E-state index is 0.154. The molecule has 4 N–H and O–H groups in total. The molecule has 0 unspecified atom stereocenters. The third-order valence-electron chi connectivity index (χ3n) is 2.92. The number of esters is 1. The molecule has 0 aromatic heterocycles. The summed E-state index contributed by atoms with van der Waals surface area (Å²) in [6.07, 6.45) is 1.84. The van der Waals surface area contributed by atoms with Gasteiger partial charge in [0.25, 0.3) is 0 Å². The van der Waals surface area contributed by atoms with E-state index < -0.39 is 0 Å². The van der Waals surface area contributed by atoms with Crippen LogP contribution >= 0.6 is 0 Å². The number of benzene rings is 1. The topological polar surface area (TPSA) is 78.3 Å². The van der Waals surface area contributed by atoms with Crippen LogP contribution < -0.4 is 11.5 Å². The number of unbranched alkanes of at least 4 members (excludes halogenated alkanes) is 1. The summed E-state index contributed by atoms with van der Waals surface area (Å²) in [5.41, 5.74) is 14.2. The molecule has 1 aromatic carbocycles. The Morgan fingerprint density at radius 1 is 1.21 bits per heavy atom. The molecule has 0 atom stereocenters. The Bertz CT molecular complexity index is 439. The normalized spacial score (nSPS) is 11.4. The molecule has 0 amide bonds.